The van der Waals surface area contributed by atoms with E-state index in [0.717, 1.165) is 12.0 Å². The quantitative estimate of drug-likeness (QED) is 0.767. The van der Waals surface area contributed by atoms with Gasteiger partial charge in [-0.2, -0.15) is 4.98 Å². The molecule has 2 N–H and O–H groups in total. The van der Waals surface area contributed by atoms with Gasteiger partial charge < -0.3 is 14.7 Å². The minimum Gasteiger partial charge on any atom is -0.481 e. The number of aliphatic hydroxyl groups is 1. The van der Waals surface area contributed by atoms with Crippen molar-refractivity contribution < 1.29 is 19.5 Å². The summed E-state index contributed by atoms with van der Waals surface area (Å²) in [5, 5.41) is 24.6. The lowest BCUT2D eigenvalue weighted by Crippen LogP contribution is -2.55. The number of hydrogen-bond acceptors (Lipinski definition) is 6. The Morgan fingerprint density at radius 3 is 2.74 bits per heavy atom. The highest BCUT2D eigenvalue weighted by atomic mass is 16.5. The number of carboxylic acids is 1. The predicted octanol–water partition coefficient (Wildman–Crippen LogP) is 2.15. The summed E-state index contributed by atoms with van der Waals surface area (Å²) in [7, 11) is 0. The zero-order valence-electron chi connectivity index (χ0n) is 15.8. The largest absolute Gasteiger partial charge is 0.481 e. The van der Waals surface area contributed by atoms with Crippen LogP contribution in [0.1, 0.15) is 37.5 Å². The molecule has 2 aromatic rings. The van der Waals surface area contributed by atoms with Gasteiger partial charge in [-0.1, -0.05) is 49.3 Å². The summed E-state index contributed by atoms with van der Waals surface area (Å²) in [4.78, 5) is 18.4. The Labute approximate surface area is 159 Å². The molecule has 0 unspecified atom stereocenters. The van der Waals surface area contributed by atoms with Crippen molar-refractivity contribution in [3.63, 3.8) is 0 Å². The van der Waals surface area contributed by atoms with Crippen molar-refractivity contribution in [2.24, 2.45) is 11.3 Å². The van der Waals surface area contributed by atoms with Crippen LogP contribution in [0.3, 0.4) is 0 Å². The van der Waals surface area contributed by atoms with Crippen LogP contribution in [-0.2, 0) is 24.2 Å². The molecule has 0 aliphatic carbocycles. The number of benzene rings is 1. The maximum absolute atomic E-state index is 12.0. The molecule has 0 saturated carbocycles. The van der Waals surface area contributed by atoms with E-state index in [1.165, 1.54) is 0 Å². The summed E-state index contributed by atoms with van der Waals surface area (Å²) < 4.78 is 5.26. The number of β-amino-alcohol motifs (C(OH)–C–C–N with tert-alkyl or cyclic N) is 1. The average molecular weight is 373 g/mol. The minimum atomic E-state index is -1.17. The maximum Gasteiger partial charge on any atom is 0.312 e. The highest BCUT2D eigenvalue weighted by molar-refractivity contribution is 5.76. The molecule has 1 saturated heterocycles. The third-order valence-corrected chi connectivity index (χ3v) is 5.19. The van der Waals surface area contributed by atoms with Crippen molar-refractivity contribution in [3.05, 3.63) is 47.6 Å². The molecule has 27 heavy (non-hydrogen) atoms. The van der Waals surface area contributed by atoms with Crippen molar-refractivity contribution in [3.8, 4) is 0 Å². The predicted molar refractivity (Wildman–Crippen MR) is 99.0 cm³/mol. The lowest BCUT2D eigenvalue weighted by atomic mass is 9.71. The second-order valence-electron chi connectivity index (χ2n) is 7.83. The zero-order chi connectivity index (χ0) is 19.4. The highest BCUT2D eigenvalue weighted by Gasteiger charge is 2.48. The van der Waals surface area contributed by atoms with Crippen LogP contribution in [0.2, 0.25) is 0 Å². The summed E-state index contributed by atoms with van der Waals surface area (Å²) in [5.41, 5.74) is -0.248. The first-order chi connectivity index (χ1) is 12.9. The van der Waals surface area contributed by atoms with E-state index < -0.39 is 17.5 Å². The first-order valence-corrected chi connectivity index (χ1v) is 9.38. The Balaban J connectivity index is 1.66. The third kappa shape index (κ3) is 4.54. The number of likely N-dealkylation sites (tertiary alicyclic amines) is 1. The fourth-order valence-corrected chi connectivity index (χ4v) is 3.66. The molecular formula is C20H27N3O4. The van der Waals surface area contributed by atoms with E-state index in [4.69, 9.17) is 4.52 Å². The van der Waals surface area contributed by atoms with Gasteiger partial charge in [0.2, 0.25) is 5.89 Å². The van der Waals surface area contributed by atoms with Gasteiger partial charge in [0.25, 0.3) is 0 Å². The molecule has 146 valence electrons. The van der Waals surface area contributed by atoms with Crippen LogP contribution in [0.25, 0.3) is 0 Å². The third-order valence-electron chi connectivity index (χ3n) is 5.19. The molecule has 2 atom stereocenters. The van der Waals surface area contributed by atoms with Gasteiger partial charge in [-0.25, -0.2) is 0 Å². The van der Waals surface area contributed by atoms with Crippen LogP contribution in [0.15, 0.2) is 34.9 Å². The zero-order valence-corrected chi connectivity index (χ0v) is 15.8. The smallest absolute Gasteiger partial charge is 0.312 e. The number of rotatable bonds is 7. The van der Waals surface area contributed by atoms with Crippen molar-refractivity contribution >= 4 is 5.97 Å². The number of nitrogens with zero attached hydrogens (tertiary/aromatic N) is 3. The summed E-state index contributed by atoms with van der Waals surface area (Å²) in [6.45, 7) is 5.45. The van der Waals surface area contributed by atoms with Gasteiger partial charge in [0, 0.05) is 13.0 Å². The molecule has 2 heterocycles. The van der Waals surface area contributed by atoms with Crippen molar-refractivity contribution in [2.75, 3.05) is 13.1 Å². The molecule has 1 aromatic carbocycles. The van der Waals surface area contributed by atoms with Gasteiger partial charge >= 0.3 is 5.97 Å². The number of aliphatic hydroxyl groups excluding tert-OH is 1. The van der Waals surface area contributed by atoms with Gasteiger partial charge in [-0.05, 0) is 30.9 Å². The second-order valence-corrected chi connectivity index (χ2v) is 7.83. The standard InChI is InChI=1S/C20H27N3O4/c1-14(2)10-18-21-17(22-27-18)13-23-9-8-20(19(25)26,16(24)12-23)11-15-6-4-3-5-7-15/h3-7,14,16,24H,8-13H2,1-2H3,(H,25,26)/t16-,20+/m0/s1. The molecule has 1 aliphatic heterocycles. The second kappa shape index (κ2) is 8.19. The molecule has 7 nitrogen and oxygen atoms in total. The first-order valence-electron chi connectivity index (χ1n) is 9.38. The van der Waals surface area contributed by atoms with Crippen LogP contribution < -0.4 is 0 Å². The summed E-state index contributed by atoms with van der Waals surface area (Å²) in [5.74, 6) is 0.673. The maximum atomic E-state index is 12.0. The number of carbonyl (C=O) groups is 1. The first kappa shape index (κ1) is 19.5. The SMILES string of the molecule is CC(C)Cc1nc(CN2CC[C@](Cc3ccccc3)(C(=O)O)[C@@H](O)C2)no1. The number of carboxylic acid groups (broad SMARTS) is 1. The molecule has 7 heteroatoms. The number of aromatic nitrogens is 2. The lowest BCUT2D eigenvalue weighted by molar-refractivity contribution is -0.163. The minimum absolute atomic E-state index is 0.271. The van der Waals surface area contributed by atoms with E-state index in [1.54, 1.807) is 0 Å². The molecule has 0 spiro atoms. The van der Waals surface area contributed by atoms with Crippen molar-refractivity contribution in [1.29, 1.82) is 0 Å². The molecule has 0 amide bonds. The van der Waals surface area contributed by atoms with Crippen LogP contribution in [0.4, 0.5) is 0 Å². The molecule has 0 radical (unpaired) electrons. The van der Waals surface area contributed by atoms with E-state index in [0.29, 0.717) is 43.6 Å². The monoisotopic (exact) mass is 373 g/mol. The Morgan fingerprint density at radius 2 is 2.11 bits per heavy atom. The molecule has 0 bridgehead atoms. The van der Waals surface area contributed by atoms with Gasteiger partial charge in [-0.3, -0.25) is 9.69 Å². The lowest BCUT2D eigenvalue weighted by Gasteiger charge is -2.42. The van der Waals surface area contributed by atoms with Gasteiger partial charge in [0.15, 0.2) is 5.82 Å². The van der Waals surface area contributed by atoms with E-state index in [9.17, 15) is 15.0 Å². The van der Waals surface area contributed by atoms with Crippen molar-refractivity contribution in [1.82, 2.24) is 15.0 Å². The fourth-order valence-electron chi connectivity index (χ4n) is 3.66. The Bertz CT molecular complexity index is 762. The number of aliphatic carboxylic acids is 1. The normalized spacial score (nSPS) is 23.6. The number of hydrogen-bond donors (Lipinski definition) is 2. The Kier molecular flexibility index (Phi) is 5.92. The van der Waals surface area contributed by atoms with Gasteiger partial charge in [-0.15, -0.1) is 0 Å². The molecule has 1 fully saturated rings. The molecule has 1 aromatic heterocycles. The van der Waals surface area contributed by atoms with Crippen LogP contribution in [0, 0.1) is 11.3 Å². The van der Waals surface area contributed by atoms with E-state index in [2.05, 4.69) is 24.0 Å². The molecule has 1 aliphatic rings. The van der Waals surface area contributed by atoms with E-state index in [-0.39, 0.29) is 6.54 Å². The summed E-state index contributed by atoms with van der Waals surface area (Å²) >= 11 is 0. The van der Waals surface area contributed by atoms with Crippen LogP contribution in [-0.4, -0.2) is 50.4 Å². The van der Waals surface area contributed by atoms with E-state index >= 15 is 0 Å². The van der Waals surface area contributed by atoms with Crippen LogP contribution >= 0.6 is 0 Å². The Morgan fingerprint density at radius 1 is 1.37 bits per heavy atom. The number of piperidine rings is 1. The van der Waals surface area contributed by atoms with E-state index in [1.807, 2.05) is 35.2 Å². The van der Waals surface area contributed by atoms with Crippen molar-refractivity contribution in [2.45, 2.75) is 45.8 Å². The average Bonchev–Trinajstić information content (AvgIpc) is 3.04. The molecular weight excluding hydrogens is 346 g/mol. The summed E-state index contributed by atoms with van der Waals surface area (Å²) in [6, 6.07) is 9.47. The highest BCUT2D eigenvalue weighted by Crippen LogP contribution is 2.36. The topological polar surface area (TPSA) is 99.7 Å². The molecule has 3 rings (SSSR count). The fraction of sp³-hybridized carbons (Fsp3) is 0.550. The van der Waals surface area contributed by atoms with Crippen LogP contribution in [0.5, 0.6) is 0 Å². The van der Waals surface area contributed by atoms with Gasteiger partial charge in [0.05, 0.1) is 12.6 Å². The Hall–Kier alpha value is -2.25. The summed E-state index contributed by atoms with van der Waals surface area (Å²) in [6.07, 6.45) is 0.453. The van der Waals surface area contributed by atoms with Gasteiger partial charge in [0.1, 0.15) is 5.41 Å².